The van der Waals surface area contributed by atoms with Crippen LogP contribution in [0.25, 0.3) is 5.65 Å². The van der Waals surface area contributed by atoms with Crippen molar-refractivity contribution in [2.45, 2.75) is 13.0 Å². The summed E-state index contributed by atoms with van der Waals surface area (Å²) in [6, 6.07) is 13.9. The molecule has 3 rings (SSSR count). The van der Waals surface area contributed by atoms with E-state index in [0.717, 1.165) is 22.9 Å². The molecule has 0 bridgehead atoms. The van der Waals surface area contributed by atoms with Gasteiger partial charge in [0.25, 0.3) is 0 Å². The zero-order chi connectivity index (χ0) is 14.7. The Kier molecular flexibility index (Phi) is 3.79. The molecule has 0 aliphatic heterocycles. The summed E-state index contributed by atoms with van der Waals surface area (Å²) in [4.78, 5) is 0. The van der Waals surface area contributed by atoms with Crippen molar-refractivity contribution in [2.24, 2.45) is 0 Å². The lowest BCUT2D eigenvalue weighted by Gasteiger charge is -2.16. The van der Waals surface area contributed by atoms with Crippen molar-refractivity contribution >= 4 is 11.5 Å². The Hall–Kier alpha value is -2.47. The molecule has 0 amide bonds. The maximum atomic E-state index is 5.53. The second-order valence-corrected chi connectivity index (χ2v) is 4.75. The molecule has 1 aromatic carbocycles. The average Bonchev–Trinajstić information content (AvgIpc) is 2.90. The van der Waals surface area contributed by atoms with E-state index >= 15 is 0 Å². The van der Waals surface area contributed by atoms with Crippen LogP contribution in [-0.2, 0) is 4.74 Å². The first-order chi connectivity index (χ1) is 10.3. The van der Waals surface area contributed by atoms with Gasteiger partial charge in [-0.2, -0.15) is 4.52 Å². The molecule has 0 saturated carbocycles. The molecule has 6 nitrogen and oxygen atoms in total. The molecule has 0 fully saturated rings. The highest BCUT2D eigenvalue weighted by molar-refractivity contribution is 5.44. The van der Waals surface area contributed by atoms with Gasteiger partial charge in [0.2, 0.25) is 0 Å². The zero-order valence-electron chi connectivity index (χ0n) is 12.0. The summed E-state index contributed by atoms with van der Waals surface area (Å²) >= 11 is 0. The summed E-state index contributed by atoms with van der Waals surface area (Å²) in [6.45, 7) is 2.51. The number of rotatable bonds is 5. The largest absolute Gasteiger partial charge is 0.375 e. The Bertz CT molecular complexity index is 725. The third-order valence-corrected chi connectivity index (χ3v) is 3.34. The highest BCUT2D eigenvalue weighted by Crippen LogP contribution is 2.17. The predicted octanol–water partition coefficient (Wildman–Crippen LogP) is 2.23. The Balaban J connectivity index is 1.74. The quantitative estimate of drug-likeness (QED) is 0.778. The van der Waals surface area contributed by atoms with E-state index in [2.05, 4.69) is 32.7 Å². The van der Waals surface area contributed by atoms with Crippen molar-refractivity contribution < 1.29 is 4.74 Å². The first-order valence-corrected chi connectivity index (χ1v) is 6.78. The second-order valence-electron chi connectivity index (χ2n) is 4.75. The highest BCUT2D eigenvalue weighted by atomic mass is 16.5. The predicted molar refractivity (Wildman–Crippen MR) is 80.2 cm³/mol. The molecule has 2 heterocycles. The molecule has 0 aliphatic rings. The Morgan fingerprint density at radius 1 is 1.14 bits per heavy atom. The molecule has 6 heteroatoms. The monoisotopic (exact) mass is 283 g/mol. The van der Waals surface area contributed by atoms with Gasteiger partial charge in [0.15, 0.2) is 11.5 Å². The molecule has 3 aromatic rings. The fraction of sp³-hybridized carbons (Fsp3) is 0.267. The molecule has 0 spiro atoms. The van der Waals surface area contributed by atoms with Crippen molar-refractivity contribution in [3.8, 4) is 0 Å². The van der Waals surface area contributed by atoms with Gasteiger partial charge in [-0.25, -0.2) is 0 Å². The topological polar surface area (TPSA) is 64.3 Å². The van der Waals surface area contributed by atoms with E-state index in [1.165, 1.54) is 0 Å². The molecule has 0 saturated heterocycles. The van der Waals surface area contributed by atoms with E-state index in [-0.39, 0.29) is 6.10 Å². The molecular formula is C15H17N5O. The van der Waals surface area contributed by atoms with Crippen LogP contribution < -0.4 is 5.32 Å². The summed E-state index contributed by atoms with van der Waals surface area (Å²) < 4.78 is 7.25. The van der Waals surface area contributed by atoms with E-state index in [0.29, 0.717) is 6.54 Å². The van der Waals surface area contributed by atoms with Crippen LogP contribution in [0.4, 0.5) is 5.82 Å². The van der Waals surface area contributed by atoms with Crippen molar-refractivity contribution in [3.05, 3.63) is 53.9 Å². The number of anilines is 1. The maximum Gasteiger partial charge on any atom is 0.178 e. The first kappa shape index (κ1) is 13.5. The SMILES string of the molecule is CO[C@H](CNc1ccc2nnc(C)n2n1)c1ccccc1. The van der Waals surface area contributed by atoms with Crippen molar-refractivity contribution in [1.29, 1.82) is 0 Å². The number of hydrogen-bond acceptors (Lipinski definition) is 5. The van der Waals surface area contributed by atoms with Gasteiger partial charge >= 0.3 is 0 Å². The van der Waals surface area contributed by atoms with Gasteiger partial charge < -0.3 is 10.1 Å². The molecule has 0 aliphatic carbocycles. The third kappa shape index (κ3) is 2.85. The Labute approximate surface area is 122 Å². The van der Waals surface area contributed by atoms with Gasteiger partial charge in [-0.05, 0) is 24.6 Å². The lowest BCUT2D eigenvalue weighted by molar-refractivity contribution is 0.114. The van der Waals surface area contributed by atoms with Crippen molar-refractivity contribution in [3.63, 3.8) is 0 Å². The van der Waals surface area contributed by atoms with Crippen LogP contribution in [0.15, 0.2) is 42.5 Å². The number of hydrogen-bond donors (Lipinski definition) is 1. The molecular weight excluding hydrogens is 266 g/mol. The molecule has 21 heavy (non-hydrogen) atoms. The molecule has 1 atom stereocenters. The summed E-state index contributed by atoms with van der Waals surface area (Å²) in [5, 5.41) is 15.8. The fourth-order valence-electron chi connectivity index (χ4n) is 2.19. The van der Waals surface area contributed by atoms with Crippen LogP contribution in [0.1, 0.15) is 17.5 Å². The van der Waals surface area contributed by atoms with Gasteiger partial charge in [-0.1, -0.05) is 30.3 Å². The summed E-state index contributed by atoms with van der Waals surface area (Å²) in [5.41, 5.74) is 1.87. The average molecular weight is 283 g/mol. The minimum absolute atomic E-state index is 0.0225. The van der Waals surface area contributed by atoms with Crippen LogP contribution in [0, 0.1) is 6.92 Å². The Morgan fingerprint density at radius 2 is 1.95 bits per heavy atom. The van der Waals surface area contributed by atoms with E-state index in [4.69, 9.17) is 4.74 Å². The smallest absolute Gasteiger partial charge is 0.178 e. The van der Waals surface area contributed by atoms with Gasteiger partial charge in [-0.3, -0.25) is 0 Å². The molecule has 1 N–H and O–H groups in total. The van der Waals surface area contributed by atoms with Crippen LogP contribution in [0.5, 0.6) is 0 Å². The van der Waals surface area contributed by atoms with Crippen LogP contribution >= 0.6 is 0 Å². The minimum atomic E-state index is -0.0225. The number of nitrogens with one attached hydrogen (secondary N) is 1. The molecule has 0 unspecified atom stereocenters. The summed E-state index contributed by atoms with van der Waals surface area (Å²) in [7, 11) is 1.71. The number of benzene rings is 1. The van der Waals surface area contributed by atoms with E-state index in [9.17, 15) is 0 Å². The number of nitrogens with zero attached hydrogens (tertiary/aromatic N) is 4. The Morgan fingerprint density at radius 3 is 2.71 bits per heavy atom. The van der Waals surface area contributed by atoms with E-state index in [1.807, 2.05) is 37.3 Å². The lowest BCUT2D eigenvalue weighted by atomic mass is 10.1. The second kappa shape index (κ2) is 5.88. The van der Waals surface area contributed by atoms with E-state index < -0.39 is 0 Å². The number of aromatic nitrogens is 4. The van der Waals surface area contributed by atoms with Gasteiger partial charge in [0.1, 0.15) is 5.82 Å². The summed E-state index contributed by atoms with van der Waals surface area (Å²) in [6.07, 6.45) is -0.0225. The van der Waals surface area contributed by atoms with Gasteiger partial charge in [0.05, 0.1) is 6.10 Å². The molecule has 2 aromatic heterocycles. The third-order valence-electron chi connectivity index (χ3n) is 3.34. The maximum absolute atomic E-state index is 5.53. The van der Waals surface area contributed by atoms with Gasteiger partial charge in [0, 0.05) is 13.7 Å². The standard InChI is InChI=1S/C15H17N5O/c1-11-17-18-15-9-8-14(19-20(11)15)16-10-13(21-2)12-6-4-3-5-7-12/h3-9,13H,10H2,1-2H3,(H,16,19)/t13-/m1/s1. The minimum Gasteiger partial charge on any atom is -0.375 e. The van der Waals surface area contributed by atoms with Crippen LogP contribution in [0.3, 0.4) is 0 Å². The van der Waals surface area contributed by atoms with E-state index in [1.54, 1.807) is 11.6 Å². The number of aryl methyl sites for hydroxylation is 1. The van der Waals surface area contributed by atoms with Crippen molar-refractivity contribution in [2.75, 3.05) is 19.0 Å². The van der Waals surface area contributed by atoms with Crippen molar-refractivity contribution in [1.82, 2.24) is 19.8 Å². The molecule has 0 radical (unpaired) electrons. The normalized spacial score (nSPS) is 12.5. The summed E-state index contributed by atoms with van der Waals surface area (Å²) in [5.74, 6) is 1.53. The number of fused-ring (bicyclic) bond motifs is 1. The number of ether oxygens (including phenoxy) is 1. The number of methoxy groups -OCH3 is 1. The van der Waals surface area contributed by atoms with Gasteiger partial charge in [-0.15, -0.1) is 15.3 Å². The molecule has 108 valence electrons. The fourth-order valence-corrected chi connectivity index (χ4v) is 2.19. The zero-order valence-corrected chi connectivity index (χ0v) is 12.0. The van der Waals surface area contributed by atoms with Crippen LogP contribution in [-0.4, -0.2) is 33.5 Å². The first-order valence-electron chi connectivity index (χ1n) is 6.78. The van der Waals surface area contributed by atoms with Crippen LogP contribution in [0.2, 0.25) is 0 Å². The lowest BCUT2D eigenvalue weighted by Crippen LogP contribution is -2.15. The highest BCUT2D eigenvalue weighted by Gasteiger charge is 2.10.